The van der Waals surface area contributed by atoms with Crippen molar-refractivity contribution in [2.24, 2.45) is 0 Å². The van der Waals surface area contributed by atoms with Gasteiger partial charge in [0.2, 0.25) is 6.54 Å². The van der Waals surface area contributed by atoms with Gasteiger partial charge in [-0.15, -0.1) is 0 Å². The number of aromatic nitrogens is 2. The molecule has 0 saturated heterocycles. The molecule has 0 aliphatic rings. The van der Waals surface area contributed by atoms with Gasteiger partial charge in [0.25, 0.3) is 5.91 Å². The summed E-state index contributed by atoms with van der Waals surface area (Å²) in [4.78, 5) is 11.7. The molecule has 0 aliphatic heterocycles. The Kier molecular flexibility index (Phi) is 3.72. The lowest BCUT2D eigenvalue weighted by atomic mass is 10.2. The van der Waals surface area contributed by atoms with Gasteiger partial charge in [0.1, 0.15) is 5.76 Å². The number of nitrogens with one attached hydrogen (secondary N) is 1. The molecule has 0 spiro atoms. The van der Waals surface area contributed by atoms with Gasteiger partial charge in [-0.1, -0.05) is 12.1 Å². The zero-order valence-electron chi connectivity index (χ0n) is 10.5. The predicted molar refractivity (Wildman–Crippen MR) is 65.9 cm³/mol. The van der Waals surface area contributed by atoms with Crippen LogP contribution in [0.1, 0.15) is 18.2 Å². The summed E-state index contributed by atoms with van der Waals surface area (Å²) >= 11 is 0. The Morgan fingerprint density at radius 1 is 1.44 bits per heavy atom. The molecule has 0 saturated carbocycles. The largest absolute Gasteiger partial charge is 0.360 e. The molecule has 0 aliphatic carbocycles. The summed E-state index contributed by atoms with van der Waals surface area (Å²) in [7, 11) is 0. The molecule has 2 heterocycles. The van der Waals surface area contributed by atoms with Crippen molar-refractivity contribution in [2.75, 3.05) is 5.32 Å². The van der Waals surface area contributed by atoms with Gasteiger partial charge in [0.15, 0.2) is 18.2 Å². The van der Waals surface area contributed by atoms with Crippen molar-refractivity contribution in [1.29, 1.82) is 0 Å². The molecule has 94 valence electrons. The van der Waals surface area contributed by atoms with Crippen LogP contribution in [0.2, 0.25) is 0 Å². The molecule has 1 N–H and O–H groups in total. The average molecular weight is 246 g/mol. The van der Waals surface area contributed by atoms with Gasteiger partial charge in [0, 0.05) is 18.2 Å². The molecule has 2 aromatic heterocycles. The summed E-state index contributed by atoms with van der Waals surface area (Å²) in [6.45, 7) is 4.13. The molecule has 0 aromatic carbocycles. The number of aryl methyl sites for hydroxylation is 2. The Labute approximate surface area is 105 Å². The smallest absolute Gasteiger partial charge is 0.291 e. The zero-order chi connectivity index (χ0) is 13.0. The zero-order valence-corrected chi connectivity index (χ0v) is 10.5. The van der Waals surface area contributed by atoms with Crippen LogP contribution < -0.4 is 9.88 Å². The Morgan fingerprint density at radius 3 is 2.72 bits per heavy atom. The van der Waals surface area contributed by atoms with Crippen molar-refractivity contribution in [3.63, 3.8) is 0 Å². The van der Waals surface area contributed by atoms with Gasteiger partial charge in [-0.3, -0.25) is 4.79 Å². The van der Waals surface area contributed by atoms with Crippen LogP contribution in [-0.2, 0) is 17.8 Å². The minimum absolute atomic E-state index is 0.127. The number of rotatable bonds is 4. The third-order valence-corrected chi connectivity index (χ3v) is 2.59. The standard InChI is InChI=1S/C13H15N3O2/c1-3-11-4-6-16(7-5-11)9-13(17)14-12-8-10(2)18-15-12/h4-8H,3,9H2,1-2H3/p+1. The SMILES string of the molecule is CCc1cc[n+](CC(=O)Nc2cc(C)on2)cc1. The highest BCUT2D eigenvalue weighted by Crippen LogP contribution is 2.06. The van der Waals surface area contributed by atoms with E-state index in [0.29, 0.717) is 11.6 Å². The fourth-order valence-corrected chi connectivity index (χ4v) is 1.60. The number of carbonyl (C=O) groups is 1. The van der Waals surface area contributed by atoms with Gasteiger partial charge in [0.05, 0.1) is 0 Å². The highest BCUT2D eigenvalue weighted by Gasteiger charge is 2.11. The van der Waals surface area contributed by atoms with E-state index < -0.39 is 0 Å². The predicted octanol–water partition coefficient (Wildman–Crippen LogP) is 1.47. The summed E-state index contributed by atoms with van der Waals surface area (Å²) in [6.07, 6.45) is 4.78. The van der Waals surface area contributed by atoms with Crippen molar-refractivity contribution >= 4 is 11.7 Å². The van der Waals surface area contributed by atoms with E-state index in [0.717, 1.165) is 6.42 Å². The third kappa shape index (κ3) is 3.16. The van der Waals surface area contributed by atoms with E-state index in [2.05, 4.69) is 17.4 Å². The minimum atomic E-state index is -0.127. The van der Waals surface area contributed by atoms with Crippen LogP contribution in [0.3, 0.4) is 0 Å². The fraction of sp³-hybridized carbons (Fsp3) is 0.308. The number of amides is 1. The monoisotopic (exact) mass is 246 g/mol. The third-order valence-electron chi connectivity index (χ3n) is 2.59. The van der Waals surface area contributed by atoms with Crippen LogP contribution in [0.4, 0.5) is 5.82 Å². The lowest BCUT2D eigenvalue weighted by Crippen LogP contribution is -2.39. The topological polar surface area (TPSA) is 59.0 Å². The second-order valence-corrected chi connectivity index (χ2v) is 4.10. The van der Waals surface area contributed by atoms with Crippen LogP contribution in [0.25, 0.3) is 0 Å². The second kappa shape index (κ2) is 5.44. The molecule has 0 bridgehead atoms. The van der Waals surface area contributed by atoms with Crippen LogP contribution in [0.5, 0.6) is 0 Å². The first kappa shape index (κ1) is 12.3. The average Bonchev–Trinajstić information content (AvgIpc) is 2.75. The molecule has 5 heteroatoms. The number of hydrogen-bond donors (Lipinski definition) is 1. The second-order valence-electron chi connectivity index (χ2n) is 4.10. The van der Waals surface area contributed by atoms with Gasteiger partial charge >= 0.3 is 0 Å². The molecular weight excluding hydrogens is 230 g/mol. The van der Waals surface area contributed by atoms with Crippen molar-refractivity contribution in [2.45, 2.75) is 26.8 Å². The van der Waals surface area contributed by atoms with E-state index >= 15 is 0 Å². The van der Waals surface area contributed by atoms with Gasteiger partial charge in [-0.25, -0.2) is 0 Å². The number of carbonyl (C=O) groups excluding carboxylic acids is 1. The first-order chi connectivity index (χ1) is 8.67. The first-order valence-electron chi connectivity index (χ1n) is 5.88. The van der Waals surface area contributed by atoms with E-state index in [1.165, 1.54) is 5.56 Å². The Hall–Kier alpha value is -2.17. The molecule has 1 amide bonds. The Balaban J connectivity index is 1.94. The molecule has 2 aromatic rings. The molecular formula is C13H16N3O2+. The van der Waals surface area contributed by atoms with Gasteiger partial charge in [-0.2, -0.15) is 4.57 Å². The van der Waals surface area contributed by atoms with E-state index in [1.54, 1.807) is 13.0 Å². The Morgan fingerprint density at radius 2 is 2.17 bits per heavy atom. The maximum atomic E-state index is 11.7. The highest BCUT2D eigenvalue weighted by molar-refractivity contribution is 5.88. The summed E-state index contributed by atoms with van der Waals surface area (Å²) in [5.74, 6) is 0.992. The quantitative estimate of drug-likeness (QED) is 0.831. The molecule has 0 atom stereocenters. The van der Waals surface area contributed by atoms with E-state index in [9.17, 15) is 4.79 Å². The van der Waals surface area contributed by atoms with Crippen molar-refractivity contribution < 1.29 is 13.9 Å². The fourth-order valence-electron chi connectivity index (χ4n) is 1.60. The van der Waals surface area contributed by atoms with E-state index in [4.69, 9.17) is 4.52 Å². The number of nitrogens with zero attached hydrogens (tertiary/aromatic N) is 2. The number of anilines is 1. The number of pyridine rings is 1. The van der Waals surface area contributed by atoms with Crippen LogP contribution >= 0.6 is 0 Å². The molecule has 0 radical (unpaired) electrons. The van der Waals surface area contributed by atoms with Crippen LogP contribution in [0.15, 0.2) is 35.1 Å². The summed E-state index contributed by atoms with van der Waals surface area (Å²) in [5.41, 5.74) is 1.25. The molecule has 0 fully saturated rings. The van der Waals surface area contributed by atoms with Crippen LogP contribution in [-0.4, -0.2) is 11.1 Å². The highest BCUT2D eigenvalue weighted by atomic mass is 16.5. The van der Waals surface area contributed by atoms with Gasteiger partial charge < -0.3 is 9.84 Å². The lowest BCUT2D eigenvalue weighted by molar-refractivity contribution is -0.684. The lowest BCUT2D eigenvalue weighted by Gasteiger charge is -1.99. The maximum Gasteiger partial charge on any atom is 0.291 e. The Bertz CT molecular complexity index is 531. The summed E-state index contributed by atoms with van der Waals surface area (Å²) < 4.78 is 6.70. The normalized spacial score (nSPS) is 10.3. The minimum Gasteiger partial charge on any atom is -0.360 e. The molecule has 18 heavy (non-hydrogen) atoms. The van der Waals surface area contributed by atoms with Gasteiger partial charge in [-0.05, 0) is 18.9 Å². The molecule has 2 rings (SSSR count). The molecule has 0 unspecified atom stereocenters. The number of hydrogen-bond acceptors (Lipinski definition) is 3. The van der Waals surface area contributed by atoms with E-state index in [-0.39, 0.29) is 12.5 Å². The first-order valence-corrected chi connectivity index (χ1v) is 5.88. The van der Waals surface area contributed by atoms with Crippen LogP contribution in [0, 0.1) is 6.92 Å². The van der Waals surface area contributed by atoms with Crippen molar-refractivity contribution in [3.8, 4) is 0 Å². The van der Waals surface area contributed by atoms with Crippen molar-refractivity contribution in [1.82, 2.24) is 5.16 Å². The molecule has 5 nitrogen and oxygen atoms in total. The van der Waals surface area contributed by atoms with E-state index in [1.807, 2.05) is 29.1 Å². The maximum absolute atomic E-state index is 11.7. The summed E-state index contributed by atoms with van der Waals surface area (Å²) in [6, 6.07) is 5.70. The van der Waals surface area contributed by atoms with Crippen molar-refractivity contribution in [3.05, 3.63) is 41.9 Å². The summed E-state index contributed by atoms with van der Waals surface area (Å²) in [5, 5.41) is 6.38.